The standard InChI is InChI=1S/C13H11NO.C12H10/c14-12-9-5-4-8-11(12)13(15)10-6-2-1-3-7-10;1-3-7-11(8-4-1)12-9-5-2-6-10-12/h1-9H,14H2;1-10H. The van der Waals surface area contributed by atoms with Crippen LogP contribution in [-0.4, -0.2) is 5.78 Å². The fourth-order valence-electron chi connectivity index (χ4n) is 2.71. The van der Waals surface area contributed by atoms with E-state index >= 15 is 0 Å². The zero-order chi connectivity index (χ0) is 18.9. The lowest BCUT2D eigenvalue weighted by Crippen LogP contribution is -2.04. The summed E-state index contributed by atoms with van der Waals surface area (Å²) >= 11 is 0. The van der Waals surface area contributed by atoms with Gasteiger partial charge in [0.25, 0.3) is 0 Å². The summed E-state index contributed by atoms with van der Waals surface area (Å²) in [6.07, 6.45) is 0. The van der Waals surface area contributed by atoms with Gasteiger partial charge in [0.2, 0.25) is 0 Å². The lowest BCUT2D eigenvalue weighted by molar-refractivity contribution is 0.103. The second kappa shape index (κ2) is 9.16. The normalized spacial score (nSPS) is 9.78. The van der Waals surface area contributed by atoms with E-state index in [1.807, 2.05) is 42.5 Å². The van der Waals surface area contributed by atoms with Gasteiger partial charge in [-0.25, -0.2) is 0 Å². The first kappa shape index (κ1) is 18.2. The first-order valence-corrected chi connectivity index (χ1v) is 8.80. The summed E-state index contributed by atoms with van der Waals surface area (Å²) in [5.41, 5.74) is 10.0. The van der Waals surface area contributed by atoms with Gasteiger partial charge in [0, 0.05) is 16.8 Å². The molecule has 0 aromatic heterocycles. The largest absolute Gasteiger partial charge is 0.398 e. The highest BCUT2D eigenvalue weighted by atomic mass is 16.1. The molecule has 0 bridgehead atoms. The van der Waals surface area contributed by atoms with Crippen molar-refractivity contribution in [3.63, 3.8) is 0 Å². The fourth-order valence-corrected chi connectivity index (χ4v) is 2.71. The van der Waals surface area contributed by atoms with Crippen molar-refractivity contribution in [2.45, 2.75) is 0 Å². The van der Waals surface area contributed by atoms with Crippen molar-refractivity contribution in [1.82, 2.24) is 0 Å². The highest BCUT2D eigenvalue weighted by Crippen LogP contribution is 2.17. The average Bonchev–Trinajstić information content (AvgIpc) is 2.76. The van der Waals surface area contributed by atoms with Crippen LogP contribution >= 0.6 is 0 Å². The van der Waals surface area contributed by atoms with Gasteiger partial charge in [0.1, 0.15) is 0 Å². The first-order chi connectivity index (χ1) is 13.3. The molecular formula is C25H21NO. The van der Waals surface area contributed by atoms with Gasteiger partial charge in [-0.3, -0.25) is 4.79 Å². The van der Waals surface area contributed by atoms with Crippen LogP contribution in [0.3, 0.4) is 0 Å². The van der Waals surface area contributed by atoms with E-state index < -0.39 is 0 Å². The van der Waals surface area contributed by atoms with Crippen LogP contribution in [0.25, 0.3) is 11.1 Å². The van der Waals surface area contributed by atoms with E-state index in [0.717, 1.165) is 0 Å². The number of rotatable bonds is 3. The minimum atomic E-state index is -0.0336. The minimum Gasteiger partial charge on any atom is -0.398 e. The number of ketones is 1. The zero-order valence-corrected chi connectivity index (χ0v) is 15.0. The Bertz CT molecular complexity index is 943. The molecule has 2 N–H and O–H groups in total. The molecular weight excluding hydrogens is 330 g/mol. The predicted molar refractivity (Wildman–Crippen MR) is 113 cm³/mol. The molecule has 4 aromatic rings. The lowest BCUT2D eigenvalue weighted by Gasteiger charge is -2.03. The number of carbonyl (C=O) groups excluding carboxylic acids is 1. The van der Waals surface area contributed by atoms with E-state index in [1.54, 1.807) is 24.3 Å². The molecule has 0 unspecified atom stereocenters. The number of carbonyl (C=O) groups is 1. The third kappa shape index (κ3) is 4.93. The van der Waals surface area contributed by atoms with Gasteiger partial charge >= 0.3 is 0 Å². The van der Waals surface area contributed by atoms with Gasteiger partial charge < -0.3 is 5.73 Å². The van der Waals surface area contributed by atoms with E-state index in [0.29, 0.717) is 16.8 Å². The molecule has 2 heteroatoms. The first-order valence-electron chi connectivity index (χ1n) is 8.80. The van der Waals surface area contributed by atoms with Crippen LogP contribution in [0.5, 0.6) is 0 Å². The van der Waals surface area contributed by atoms with E-state index in [9.17, 15) is 4.79 Å². The van der Waals surface area contributed by atoms with Crippen LogP contribution in [0.15, 0.2) is 115 Å². The molecule has 0 amide bonds. The molecule has 0 spiro atoms. The van der Waals surface area contributed by atoms with Gasteiger partial charge in [-0.1, -0.05) is 103 Å². The van der Waals surface area contributed by atoms with Crippen molar-refractivity contribution in [1.29, 1.82) is 0 Å². The molecule has 0 heterocycles. The molecule has 0 radical (unpaired) electrons. The maximum absolute atomic E-state index is 12.0. The number of hydrogen-bond donors (Lipinski definition) is 1. The molecule has 0 saturated heterocycles. The summed E-state index contributed by atoms with van der Waals surface area (Å²) < 4.78 is 0. The molecule has 4 aromatic carbocycles. The van der Waals surface area contributed by atoms with Crippen molar-refractivity contribution >= 4 is 11.5 Å². The maximum Gasteiger partial charge on any atom is 0.195 e. The van der Waals surface area contributed by atoms with Crippen molar-refractivity contribution < 1.29 is 4.79 Å². The van der Waals surface area contributed by atoms with Crippen LogP contribution in [0.2, 0.25) is 0 Å². The molecule has 0 aliphatic carbocycles. The van der Waals surface area contributed by atoms with E-state index in [1.165, 1.54) is 11.1 Å². The van der Waals surface area contributed by atoms with Gasteiger partial charge in [-0.05, 0) is 23.3 Å². The maximum atomic E-state index is 12.0. The van der Waals surface area contributed by atoms with Crippen LogP contribution in [0, 0.1) is 0 Å². The molecule has 4 rings (SSSR count). The Hall–Kier alpha value is -3.65. The van der Waals surface area contributed by atoms with Gasteiger partial charge in [0.15, 0.2) is 5.78 Å². The monoisotopic (exact) mass is 351 g/mol. The summed E-state index contributed by atoms with van der Waals surface area (Å²) in [6.45, 7) is 0. The summed E-state index contributed by atoms with van der Waals surface area (Å²) in [5, 5.41) is 0. The summed E-state index contributed by atoms with van der Waals surface area (Å²) in [4.78, 5) is 12.0. The third-order valence-electron chi connectivity index (χ3n) is 4.12. The second-order valence-corrected chi connectivity index (χ2v) is 6.01. The Morgan fingerprint density at radius 2 is 0.926 bits per heavy atom. The quantitative estimate of drug-likeness (QED) is 0.371. The number of nitrogens with two attached hydrogens (primary N) is 1. The number of para-hydroxylation sites is 1. The highest BCUT2D eigenvalue weighted by molar-refractivity contribution is 6.11. The Labute approximate surface area is 159 Å². The Morgan fingerprint density at radius 3 is 1.41 bits per heavy atom. The van der Waals surface area contributed by atoms with Crippen molar-refractivity contribution in [2.75, 3.05) is 5.73 Å². The topological polar surface area (TPSA) is 43.1 Å². The Morgan fingerprint density at radius 1 is 0.519 bits per heavy atom. The van der Waals surface area contributed by atoms with Gasteiger partial charge in [-0.2, -0.15) is 0 Å². The zero-order valence-electron chi connectivity index (χ0n) is 15.0. The van der Waals surface area contributed by atoms with E-state index in [4.69, 9.17) is 5.73 Å². The Kier molecular flexibility index (Phi) is 6.16. The van der Waals surface area contributed by atoms with Crippen LogP contribution in [0.1, 0.15) is 15.9 Å². The smallest absolute Gasteiger partial charge is 0.195 e. The second-order valence-electron chi connectivity index (χ2n) is 6.01. The van der Waals surface area contributed by atoms with Crippen molar-refractivity contribution in [2.24, 2.45) is 0 Å². The van der Waals surface area contributed by atoms with Crippen molar-refractivity contribution in [3.8, 4) is 11.1 Å². The Balaban J connectivity index is 0.000000159. The van der Waals surface area contributed by atoms with Gasteiger partial charge in [0.05, 0.1) is 0 Å². The summed E-state index contributed by atoms with van der Waals surface area (Å²) in [6, 6.07) is 37.0. The number of nitrogen functional groups attached to an aromatic ring is 1. The van der Waals surface area contributed by atoms with Crippen molar-refractivity contribution in [3.05, 3.63) is 126 Å². The molecule has 0 atom stereocenters. The minimum absolute atomic E-state index is 0.0336. The number of anilines is 1. The lowest BCUT2D eigenvalue weighted by atomic mass is 10.0. The fraction of sp³-hybridized carbons (Fsp3) is 0. The number of hydrogen-bond acceptors (Lipinski definition) is 2. The summed E-state index contributed by atoms with van der Waals surface area (Å²) in [5.74, 6) is -0.0336. The van der Waals surface area contributed by atoms with Crippen LogP contribution in [0.4, 0.5) is 5.69 Å². The van der Waals surface area contributed by atoms with Crippen LogP contribution in [-0.2, 0) is 0 Å². The van der Waals surface area contributed by atoms with E-state index in [2.05, 4.69) is 48.5 Å². The molecule has 0 fully saturated rings. The molecule has 0 saturated carbocycles. The molecule has 2 nitrogen and oxygen atoms in total. The summed E-state index contributed by atoms with van der Waals surface area (Å²) in [7, 11) is 0. The molecule has 132 valence electrons. The highest BCUT2D eigenvalue weighted by Gasteiger charge is 2.10. The van der Waals surface area contributed by atoms with Gasteiger partial charge in [-0.15, -0.1) is 0 Å². The predicted octanol–water partition coefficient (Wildman–Crippen LogP) is 5.85. The van der Waals surface area contributed by atoms with Crippen LogP contribution < -0.4 is 5.73 Å². The number of benzene rings is 4. The molecule has 0 aliphatic heterocycles. The van der Waals surface area contributed by atoms with E-state index in [-0.39, 0.29) is 5.78 Å². The molecule has 0 aliphatic rings. The average molecular weight is 351 g/mol. The molecule has 27 heavy (non-hydrogen) atoms. The third-order valence-corrected chi connectivity index (χ3v) is 4.12. The SMILES string of the molecule is Nc1ccccc1C(=O)c1ccccc1.c1ccc(-c2ccccc2)cc1.